The maximum absolute atomic E-state index is 11.9. The van der Waals surface area contributed by atoms with Crippen LogP contribution in [0.3, 0.4) is 0 Å². The number of benzene rings is 1. The molecular weight excluding hydrogens is 261 g/mol. The number of hydroxylamine groups is 1. The summed E-state index contributed by atoms with van der Waals surface area (Å²) < 4.78 is 35.7. The van der Waals surface area contributed by atoms with Gasteiger partial charge in [0.2, 0.25) is 5.91 Å². The minimum atomic E-state index is -4.37. The molecule has 0 heterocycles. The molecule has 0 radical (unpaired) electrons. The summed E-state index contributed by atoms with van der Waals surface area (Å²) in [6.07, 6.45) is -4.37. The quantitative estimate of drug-likeness (QED) is 0.813. The molecular formula is C12H15F3N2O2. The summed E-state index contributed by atoms with van der Waals surface area (Å²) in [7, 11) is 0. The van der Waals surface area contributed by atoms with Crippen LogP contribution in [0.2, 0.25) is 0 Å². The summed E-state index contributed by atoms with van der Waals surface area (Å²) in [5.41, 5.74) is 3.58. The van der Waals surface area contributed by atoms with Crippen LogP contribution in [0.15, 0.2) is 24.3 Å². The monoisotopic (exact) mass is 276 g/mol. The zero-order chi connectivity index (χ0) is 14.5. The molecule has 0 saturated carbocycles. The maximum atomic E-state index is 11.9. The molecule has 0 saturated heterocycles. The second kappa shape index (κ2) is 6.53. The first kappa shape index (κ1) is 15.5. The van der Waals surface area contributed by atoms with E-state index in [-0.39, 0.29) is 5.91 Å². The number of alkyl halides is 3. The molecule has 0 aromatic heterocycles. The van der Waals surface area contributed by atoms with Crippen LogP contribution >= 0.6 is 0 Å². The fraction of sp³-hybridized carbons (Fsp3) is 0.417. The van der Waals surface area contributed by atoms with Gasteiger partial charge >= 0.3 is 6.18 Å². The lowest BCUT2D eigenvalue weighted by molar-refractivity contribution is -0.192. The molecule has 1 aromatic carbocycles. The number of hydrogen-bond donors (Lipinski definition) is 2. The van der Waals surface area contributed by atoms with Crippen molar-refractivity contribution in [2.24, 2.45) is 0 Å². The number of carbonyl (C=O) groups is 1. The molecule has 2 N–H and O–H groups in total. The minimum Gasteiger partial charge on any atom is -0.326 e. The van der Waals surface area contributed by atoms with Gasteiger partial charge in [0.1, 0.15) is 0 Å². The van der Waals surface area contributed by atoms with Crippen molar-refractivity contribution in [2.75, 3.05) is 11.9 Å². The molecule has 19 heavy (non-hydrogen) atoms. The van der Waals surface area contributed by atoms with E-state index in [1.165, 1.54) is 6.92 Å². The highest BCUT2D eigenvalue weighted by Gasteiger charge is 2.28. The zero-order valence-corrected chi connectivity index (χ0v) is 10.5. The topological polar surface area (TPSA) is 50.4 Å². The van der Waals surface area contributed by atoms with Gasteiger partial charge in [-0.15, -0.1) is 0 Å². The summed E-state index contributed by atoms with van der Waals surface area (Å²) in [5, 5.41) is 2.59. The Balaban J connectivity index is 2.56. The molecule has 7 heteroatoms. The predicted octanol–water partition coefficient (Wildman–Crippen LogP) is 2.79. The number of amides is 1. The highest BCUT2D eigenvalue weighted by molar-refractivity contribution is 5.88. The van der Waals surface area contributed by atoms with Crippen LogP contribution in [-0.2, 0) is 9.63 Å². The van der Waals surface area contributed by atoms with Crippen LogP contribution in [0.1, 0.15) is 25.5 Å². The van der Waals surface area contributed by atoms with Crippen LogP contribution < -0.4 is 10.8 Å². The van der Waals surface area contributed by atoms with Crippen molar-refractivity contribution in [1.29, 1.82) is 0 Å². The number of nitrogens with one attached hydrogen (secondary N) is 2. The summed E-state index contributed by atoms with van der Waals surface area (Å²) >= 11 is 0. The number of halogens is 3. The molecule has 1 unspecified atom stereocenters. The normalized spacial score (nSPS) is 13.1. The van der Waals surface area contributed by atoms with Crippen molar-refractivity contribution in [1.82, 2.24) is 5.48 Å². The van der Waals surface area contributed by atoms with E-state index < -0.39 is 18.8 Å². The molecule has 0 fully saturated rings. The summed E-state index contributed by atoms with van der Waals surface area (Å²) in [6.45, 7) is 1.67. The molecule has 106 valence electrons. The molecule has 4 nitrogen and oxygen atoms in total. The first-order valence-corrected chi connectivity index (χ1v) is 5.59. The largest absolute Gasteiger partial charge is 0.413 e. The highest BCUT2D eigenvalue weighted by Crippen LogP contribution is 2.18. The molecule has 1 atom stereocenters. The van der Waals surface area contributed by atoms with Gasteiger partial charge in [-0.25, -0.2) is 0 Å². The molecule has 0 bridgehead atoms. The Labute approximate surface area is 108 Å². The van der Waals surface area contributed by atoms with Gasteiger partial charge in [-0.2, -0.15) is 18.7 Å². The lowest BCUT2D eigenvalue weighted by Gasteiger charge is -2.16. The minimum absolute atomic E-state index is 0.217. The standard InChI is InChI=1S/C12H15F3N2O2/c1-8(17-19-7-12(13,14)15)10-4-3-5-11(6-10)16-9(2)18/h3-6,8,17H,7H2,1-2H3,(H,16,18). The van der Waals surface area contributed by atoms with Crippen molar-refractivity contribution >= 4 is 11.6 Å². The number of anilines is 1. The average Bonchev–Trinajstić information content (AvgIpc) is 2.26. The van der Waals surface area contributed by atoms with Gasteiger partial charge < -0.3 is 5.32 Å². The summed E-state index contributed by atoms with van der Waals surface area (Å²) in [4.78, 5) is 15.3. The first-order chi connectivity index (χ1) is 8.78. The third-order valence-electron chi connectivity index (χ3n) is 2.20. The zero-order valence-electron chi connectivity index (χ0n) is 10.5. The predicted molar refractivity (Wildman–Crippen MR) is 64.3 cm³/mol. The van der Waals surface area contributed by atoms with Gasteiger partial charge in [-0.3, -0.25) is 9.63 Å². The Hall–Kier alpha value is -1.60. The van der Waals surface area contributed by atoms with Crippen molar-refractivity contribution < 1.29 is 22.8 Å². The Kier molecular flexibility index (Phi) is 5.31. The molecule has 0 aliphatic carbocycles. The Morgan fingerprint density at radius 1 is 1.42 bits per heavy atom. The molecule has 0 aliphatic heterocycles. The summed E-state index contributed by atoms with van der Waals surface area (Å²) in [5.74, 6) is -0.217. The first-order valence-electron chi connectivity index (χ1n) is 5.59. The molecule has 1 rings (SSSR count). The van der Waals surface area contributed by atoms with E-state index >= 15 is 0 Å². The second-order valence-electron chi connectivity index (χ2n) is 4.05. The van der Waals surface area contributed by atoms with Gasteiger partial charge in [-0.1, -0.05) is 12.1 Å². The van der Waals surface area contributed by atoms with Crippen molar-refractivity contribution in [3.05, 3.63) is 29.8 Å². The second-order valence-corrected chi connectivity index (χ2v) is 4.05. The van der Waals surface area contributed by atoms with Gasteiger partial charge in [0, 0.05) is 12.6 Å². The number of hydrogen-bond acceptors (Lipinski definition) is 3. The third-order valence-corrected chi connectivity index (χ3v) is 2.20. The van der Waals surface area contributed by atoms with Gasteiger partial charge in [0.15, 0.2) is 6.61 Å². The maximum Gasteiger partial charge on any atom is 0.413 e. The van der Waals surface area contributed by atoms with E-state index in [1.807, 2.05) is 0 Å². The fourth-order valence-electron chi connectivity index (χ4n) is 1.41. The van der Waals surface area contributed by atoms with Crippen molar-refractivity contribution in [3.63, 3.8) is 0 Å². The van der Waals surface area contributed by atoms with Crippen molar-refractivity contribution in [2.45, 2.75) is 26.1 Å². The van der Waals surface area contributed by atoms with Crippen LogP contribution in [0.25, 0.3) is 0 Å². The Morgan fingerprint density at radius 2 is 2.11 bits per heavy atom. The Morgan fingerprint density at radius 3 is 2.68 bits per heavy atom. The molecule has 1 aromatic rings. The van der Waals surface area contributed by atoms with Crippen LogP contribution in [0.5, 0.6) is 0 Å². The van der Waals surface area contributed by atoms with E-state index in [9.17, 15) is 18.0 Å². The van der Waals surface area contributed by atoms with Gasteiger partial charge in [0.05, 0.1) is 6.04 Å². The van der Waals surface area contributed by atoms with E-state index in [0.717, 1.165) is 0 Å². The van der Waals surface area contributed by atoms with E-state index in [1.54, 1.807) is 31.2 Å². The number of rotatable bonds is 5. The van der Waals surface area contributed by atoms with Crippen LogP contribution in [-0.4, -0.2) is 18.7 Å². The SMILES string of the molecule is CC(=O)Nc1cccc(C(C)NOCC(F)(F)F)c1. The highest BCUT2D eigenvalue weighted by atomic mass is 19.4. The van der Waals surface area contributed by atoms with Crippen molar-refractivity contribution in [3.8, 4) is 0 Å². The molecule has 0 aliphatic rings. The smallest absolute Gasteiger partial charge is 0.326 e. The fourth-order valence-corrected chi connectivity index (χ4v) is 1.41. The third kappa shape index (κ3) is 6.21. The molecule has 0 spiro atoms. The van der Waals surface area contributed by atoms with Crippen LogP contribution in [0.4, 0.5) is 18.9 Å². The van der Waals surface area contributed by atoms with E-state index in [0.29, 0.717) is 11.3 Å². The molecule has 1 amide bonds. The summed E-state index contributed by atoms with van der Waals surface area (Å²) in [6, 6.07) is 6.34. The lowest BCUT2D eigenvalue weighted by atomic mass is 10.1. The van der Waals surface area contributed by atoms with E-state index in [4.69, 9.17) is 0 Å². The van der Waals surface area contributed by atoms with Gasteiger partial charge in [0.25, 0.3) is 0 Å². The van der Waals surface area contributed by atoms with Gasteiger partial charge in [-0.05, 0) is 24.6 Å². The van der Waals surface area contributed by atoms with Crippen LogP contribution in [0, 0.1) is 0 Å². The van der Waals surface area contributed by atoms with E-state index in [2.05, 4.69) is 15.6 Å². The Bertz CT molecular complexity index is 435. The average molecular weight is 276 g/mol. The lowest BCUT2D eigenvalue weighted by Crippen LogP contribution is -2.26. The number of carbonyl (C=O) groups excluding carboxylic acids is 1.